The van der Waals surface area contributed by atoms with E-state index in [9.17, 15) is 9.59 Å². The average Bonchev–Trinajstić information content (AvgIpc) is 2.41. The second-order valence-corrected chi connectivity index (χ2v) is 5.19. The summed E-state index contributed by atoms with van der Waals surface area (Å²) in [5, 5.41) is 2.29. The molecule has 0 saturated carbocycles. The molecule has 1 aromatic carbocycles. The second-order valence-electron chi connectivity index (χ2n) is 3.29. The number of halogens is 2. The Morgan fingerprint density at radius 1 is 1.20 bits per heavy atom. The van der Waals surface area contributed by atoms with Gasteiger partial charge in [-0.15, -0.1) is 0 Å². The number of imide groups is 1. The van der Waals surface area contributed by atoms with E-state index in [4.69, 9.17) is 0 Å². The highest BCUT2D eigenvalue weighted by Crippen LogP contribution is 2.31. The van der Waals surface area contributed by atoms with Crippen LogP contribution in [-0.2, 0) is 9.59 Å². The molecule has 5 heteroatoms. The van der Waals surface area contributed by atoms with E-state index in [1.807, 2.05) is 24.3 Å². The van der Waals surface area contributed by atoms with Gasteiger partial charge in [-0.2, -0.15) is 0 Å². The van der Waals surface area contributed by atoms with Gasteiger partial charge in [0.25, 0.3) is 0 Å². The Morgan fingerprint density at radius 2 is 1.93 bits per heavy atom. The fourth-order valence-corrected chi connectivity index (χ4v) is 2.65. The normalized spacial score (nSPS) is 25.5. The van der Waals surface area contributed by atoms with Gasteiger partial charge in [0, 0.05) is 4.47 Å². The lowest BCUT2D eigenvalue weighted by atomic mass is 9.98. The minimum atomic E-state index is -0.473. The maximum absolute atomic E-state index is 11.5. The highest BCUT2D eigenvalue weighted by atomic mass is 79.9. The lowest BCUT2D eigenvalue weighted by Crippen LogP contribution is -2.22. The molecule has 3 nitrogen and oxygen atoms in total. The first kappa shape index (κ1) is 10.8. The molecular weight excluding hydrogens is 326 g/mol. The smallest absolute Gasteiger partial charge is 0.241 e. The van der Waals surface area contributed by atoms with E-state index >= 15 is 0 Å². The van der Waals surface area contributed by atoms with Crippen LogP contribution in [0.2, 0.25) is 0 Å². The van der Waals surface area contributed by atoms with Crippen LogP contribution in [0.4, 0.5) is 0 Å². The summed E-state index contributed by atoms with van der Waals surface area (Å²) in [7, 11) is 0. The molecule has 0 aliphatic carbocycles. The van der Waals surface area contributed by atoms with Crippen molar-refractivity contribution in [3.63, 3.8) is 0 Å². The van der Waals surface area contributed by atoms with Crippen LogP contribution in [0, 0.1) is 0 Å². The van der Waals surface area contributed by atoms with Crippen molar-refractivity contribution in [3.8, 4) is 0 Å². The van der Waals surface area contributed by atoms with Crippen molar-refractivity contribution in [1.29, 1.82) is 0 Å². The predicted octanol–water partition coefficient (Wildman–Crippen LogP) is 1.95. The largest absolute Gasteiger partial charge is 0.295 e. The molecular formula is C10H7Br2NO2. The molecule has 15 heavy (non-hydrogen) atoms. The van der Waals surface area contributed by atoms with Gasteiger partial charge in [-0.1, -0.05) is 44.0 Å². The summed E-state index contributed by atoms with van der Waals surface area (Å²) in [4.78, 5) is 22.3. The third-order valence-corrected chi connectivity index (χ3v) is 3.72. The van der Waals surface area contributed by atoms with Crippen LogP contribution in [0.5, 0.6) is 0 Å². The molecule has 2 rings (SSSR count). The number of carbonyl (C=O) groups excluding carboxylic acids is 2. The van der Waals surface area contributed by atoms with E-state index in [0.29, 0.717) is 0 Å². The lowest BCUT2D eigenvalue weighted by Gasteiger charge is -2.09. The van der Waals surface area contributed by atoms with Crippen LogP contribution < -0.4 is 5.32 Å². The van der Waals surface area contributed by atoms with Gasteiger partial charge in [0.15, 0.2) is 0 Å². The van der Waals surface area contributed by atoms with Crippen LogP contribution >= 0.6 is 31.9 Å². The number of rotatable bonds is 1. The summed E-state index contributed by atoms with van der Waals surface area (Å²) < 4.78 is 0.895. The van der Waals surface area contributed by atoms with E-state index in [2.05, 4.69) is 37.2 Å². The van der Waals surface area contributed by atoms with Crippen LogP contribution in [0.3, 0.4) is 0 Å². The zero-order valence-corrected chi connectivity index (χ0v) is 10.7. The molecule has 0 aromatic heterocycles. The molecule has 0 spiro atoms. The molecule has 2 unspecified atom stereocenters. The summed E-state index contributed by atoms with van der Waals surface area (Å²) in [6, 6.07) is 7.40. The maximum atomic E-state index is 11.5. The van der Waals surface area contributed by atoms with E-state index < -0.39 is 10.7 Å². The van der Waals surface area contributed by atoms with Gasteiger partial charge in [-0.3, -0.25) is 14.9 Å². The molecule has 2 atom stereocenters. The highest BCUT2D eigenvalue weighted by molar-refractivity contribution is 9.10. The number of alkyl halides is 1. The van der Waals surface area contributed by atoms with Gasteiger partial charge >= 0.3 is 0 Å². The molecule has 1 aromatic rings. The van der Waals surface area contributed by atoms with Crippen LogP contribution in [0.25, 0.3) is 0 Å². The van der Waals surface area contributed by atoms with Gasteiger partial charge < -0.3 is 0 Å². The highest BCUT2D eigenvalue weighted by Gasteiger charge is 2.40. The lowest BCUT2D eigenvalue weighted by molar-refractivity contribution is -0.125. The molecule has 78 valence electrons. The first-order chi connectivity index (χ1) is 7.09. The van der Waals surface area contributed by atoms with E-state index in [1.165, 1.54) is 0 Å². The number of hydrogen-bond donors (Lipinski definition) is 1. The Bertz CT molecular complexity index is 433. The number of hydrogen-bond acceptors (Lipinski definition) is 2. The Kier molecular flexibility index (Phi) is 2.93. The second kappa shape index (κ2) is 4.06. The fraction of sp³-hybridized carbons (Fsp3) is 0.200. The minimum absolute atomic E-state index is 0.250. The van der Waals surface area contributed by atoms with Gasteiger partial charge in [0.2, 0.25) is 11.8 Å². The molecule has 1 N–H and O–H groups in total. The van der Waals surface area contributed by atoms with Crippen molar-refractivity contribution < 1.29 is 9.59 Å². The number of amides is 2. The fourth-order valence-electron chi connectivity index (χ4n) is 1.57. The maximum Gasteiger partial charge on any atom is 0.241 e. The topological polar surface area (TPSA) is 46.2 Å². The van der Waals surface area contributed by atoms with Crippen molar-refractivity contribution >= 4 is 43.7 Å². The van der Waals surface area contributed by atoms with Crippen molar-refractivity contribution in [2.24, 2.45) is 0 Å². The minimum Gasteiger partial charge on any atom is -0.295 e. The number of benzene rings is 1. The van der Waals surface area contributed by atoms with Crippen molar-refractivity contribution in [3.05, 3.63) is 34.3 Å². The van der Waals surface area contributed by atoms with Crippen molar-refractivity contribution in [2.75, 3.05) is 0 Å². The van der Waals surface area contributed by atoms with E-state index in [-0.39, 0.29) is 11.8 Å². The summed E-state index contributed by atoms with van der Waals surface area (Å²) in [5.74, 6) is -0.958. The summed E-state index contributed by atoms with van der Waals surface area (Å²) in [5.41, 5.74) is 0.828. The molecule has 1 aliphatic heterocycles. The van der Waals surface area contributed by atoms with Crippen LogP contribution in [-0.4, -0.2) is 16.6 Å². The third kappa shape index (κ3) is 1.99. The number of carbonyl (C=O) groups is 2. The Labute approximate surface area is 103 Å². The molecule has 2 amide bonds. The predicted molar refractivity (Wildman–Crippen MR) is 62.7 cm³/mol. The monoisotopic (exact) mass is 331 g/mol. The molecule has 1 heterocycles. The van der Waals surface area contributed by atoms with Crippen molar-refractivity contribution in [2.45, 2.75) is 10.7 Å². The SMILES string of the molecule is O=C1NC(=O)C(c2cccc(Br)c2)C1Br. The van der Waals surface area contributed by atoms with Gasteiger partial charge in [0.05, 0.1) is 5.92 Å². The Hall–Kier alpha value is -0.680. The molecule has 0 radical (unpaired) electrons. The van der Waals surface area contributed by atoms with Crippen LogP contribution in [0.15, 0.2) is 28.7 Å². The average molecular weight is 333 g/mol. The van der Waals surface area contributed by atoms with E-state index in [0.717, 1.165) is 10.0 Å². The molecule has 0 bridgehead atoms. The molecule has 1 fully saturated rings. The first-order valence-electron chi connectivity index (χ1n) is 4.34. The van der Waals surface area contributed by atoms with Crippen LogP contribution in [0.1, 0.15) is 11.5 Å². The summed E-state index contributed by atoms with van der Waals surface area (Å²) in [6.07, 6.45) is 0. The molecule has 1 saturated heterocycles. The molecule has 1 aliphatic rings. The third-order valence-electron chi connectivity index (χ3n) is 2.28. The Morgan fingerprint density at radius 3 is 2.47 bits per heavy atom. The summed E-state index contributed by atoms with van der Waals surface area (Å²) >= 11 is 6.56. The summed E-state index contributed by atoms with van der Waals surface area (Å²) in [6.45, 7) is 0. The van der Waals surface area contributed by atoms with Gasteiger partial charge in [0.1, 0.15) is 4.83 Å². The quantitative estimate of drug-likeness (QED) is 0.631. The zero-order chi connectivity index (χ0) is 11.0. The first-order valence-corrected chi connectivity index (χ1v) is 6.04. The van der Waals surface area contributed by atoms with E-state index in [1.54, 1.807) is 0 Å². The van der Waals surface area contributed by atoms with Gasteiger partial charge in [-0.05, 0) is 17.7 Å². The Balaban J connectivity index is 2.39. The van der Waals surface area contributed by atoms with Gasteiger partial charge in [-0.25, -0.2) is 0 Å². The standard InChI is InChI=1S/C10H7Br2NO2/c11-6-3-1-2-5(4-6)7-8(12)10(15)13-9(7)14/h1-4,7-8H,(H,13,14,15). The van der Waals surface area contributed by atoms with Crippen molar-refractivity contribution in [1.82, 2.24) is 5.32 Å². The zero-order valence-electron chi connectivity index (χ0n) is 7.54. The number of nitrogens with one attached hydrogen (secondary N) is 1.